The van der Waals surface area contributed by atoms with Crippen molar-refractivity contribution in [2.45, 2.75) is 13.5 Å². The molecule has 2 rings (SSSR count). The van der Waals surface area contributed by atoms with E-state index in [1.165, 1.54) is 0 Å². The van der Waals surface area contributed by atoms with Gasteiger partial charge in [-0.2, -0.15) is 4.98 Å². The van der Waals surface area contributed by atoms with Gasteiger partial charge in [-0.05, 0) is 25.1 Å². The normalized spacial score (nSPS) is 10.0. The highest BCUT2D eigenvalue weighted by molar-refractivity contribution is 5.39. The SMILES string of the molecule is Cc1cccc(CNc2ccnc(NN)n2)n1. The summed E-state index contributed by atoms with van der Waals surface area (Å²) in [5.41, 5.74) is 4.36. The smallest absolute Gasteiger partial charge is 0.239 e. The lowest BCUT2D eigenvalue weighted by molar-refractivity contribution is 0.996. The standard InChI is InChI=1S/C11H14N6/c1-8-3-2-4-9(15-8)7-14-10-5-6-13-11(16-10)17-12/h2-6H,7,12H2,1H3,(H2,13,14,16,17). The van der Waals surface area contributed by atoms with E-state index >= 15 is 0 Å². The number of aromatic nitrogens is 3. The van der Waals surface area contributed by atoms with Crippen LogP contribution in [0.2, 0.25) is 0 Å². The second-order valence-electron chi connectivity index (χ2n) is 3.53. The van der Waals surface area contributed by atoms with E-state index < -0.39 is 0 Å². The molecule has 0 bridgehead atoms. The highest BCUT2D eigenvalue weighted by Gasteiger charge is 1.98. The Labute approximate surface area is 99.3 Å². The van der Waals surface area contributed by atoms with Crippen LogP contribution in [0.15, 0.2) is 30.5 Å². The molecule has 0 aliphatic carbocycles. The number of pyridine rings is 1. The third-order valence-electron chi connectivity index (χ3n) is 2.18. The molecular formula is C11H14N6. The predicted molar refractivity (Wildman–Crippen MR) is 66.1 cm³/mol. The fraction of sp³-hybridized carbons (Fsp3) is 0.182. The van der Waals surface area contributed by atoms with E-state index in [0.29, 0.717) is 18.3 Å². The second kappa shape index (κ2) is 5.22. The first-order valence-corrected chi connectivity index (χ1v) is 5.24. The molecule has 0 saturated carbocycles. The lowest BCUT2D eigenvalue weighted by atomic mass is 10.3. The van der Waals surface area contributed by atoms with Crippen molar-refractivity contribution in [1.82, 2.24) is 15.0 Å². The van der Waals surface area contributed by atoms with Crippen molar-refractivity contribution in [2.24, 2.45) is 5.84 Å². The van der Waals surface area contributed by atoms with Crippen molar-refractivity contribution >= 4 is 11.8 Å². The van der Waals surface area contributed by atoms with Gasteiger partial charge in [-0.25, -0.2) is 10.8 Å². The summed E-state index contributed by atoms with van der Waals surface area (Å²) < 4.78 is 0. The molecule has 0 aliphatic heterocycles. The van der Waals surface area contributed by atoms with Crippen molar-refractivity contribution in [3.8, 4) is 0 Å². The van der Waals surface area contributed by atoms with Crippen LogP contribution in [0, 0.1) is 6.92 Å². The zero-order chi connectivity index (χ0) is 12.1. The minimum Gasteiger partial charge on any atom is -0.364 e. The van der Waals surface area contributed by atoms with E-state index in [0.717, 1.165) is 11.4 Å². The van der Waals surface area contributed by atoms with Crippen molar-refractivity contribution in [3.05, 3.63) is 41.9 Å². The molecule has 0 aliphatic rings. The van der Waals surface area contributed by atoms with Crippen LogP contribution in [0.1, 0.15) is 11.4 Å². The fourth-order valence-corrected chi connectivity index (χ4v) is 1.41. The lowest BCUT2D eigenvalue weighted by Gasteiger charge is -2.06. The molecule has 2 aromatic heterocycles. The molecule has 0 atom stereocenters. The van der Waals surface area contributed by atoms with Crippen LogP contribution in [0.25, 0.3) is 0 Å². The summed E-state index contributed by atoms with van der Waals surface area (Å²) in [6, 6.07) is 7.68. The summed E-state index contributed by atoms with van der Waals surface area (Å²) in [5.74, 6) is 6.32. The largest absolute Gasteiger partial charge is 0.364 e. The van der Waals surface area contributed by atoms with Crippen LogP contribution >= 0.6 is 0 Å². The van der Waals surface area contributed by atoms with Gasteiger partial charge >= 0.3 is 0 Å². The number of rotatable bonds is 4. The average molecular weight is 230 g/mol. The number of nitrogens with zero attached hydrogens (tertiary/aromatic N) is 3. The highest BCUT2D eigenvalue weighted by Crippen LogP contribution is 2.06. The Hall–Kier alpha value is -2.21. The molecule has 0 amide bonds. The van der Waals surface area contributed by atoms with Crippen molar-refractivity contribution < 1.29 is 0 Å². The zero-order valence-electron chi connectivity index (χ0n) is 9.51. The number of hydrogen-bond donors (Lipinski definition) is 3. The first-order valence-electron chi connectivity index (χ1n) is 5.24. The summed E-state index contributed by atoms with van der Waals surface area (Å²) in [4.78, 5) is 12.5. The Morgan fingerprint density at radius 1 is 1.24 bits per heavy atom. The Morgan fingerprint density at radius 2 is 2.12 bits per heavy atom. The molecule has 6 heteroatoms. The van der Waals surface area contributed by atoms with E-state index in [2.05, 4.69) is 25.7 Å². The fourth-order valence-electron chi connectivity index (χ4n) is 1.41. The van der Waals surface area contributed by atoms with E-state index in [4.69, 9.17) is 5.84 Å². The molecule has 0 fully saturated rings. The Morgan fingerprint density at radius 3 is 2.88 bits per heavy atom. The van der Waals surface area contributed by atoms with Gasteiger partial charge in [0, 0.05) is 11.9 Å². The monoisotopic (exact) mass is 230 g/mol. The van der Waals surface area contributed by atoms with Gasteiger partial charge in [0.25, 0.3) is 0 Å². The van der Waals surface area contributed by atoms with Crippen LogP contribution < -0.4 is 16.6 Å². The molecule has 0 unspecified atom stereocenters. The Bertz CT molecular complexity index is 499. The van der Waals surface area contributed by atoms with Crippen LogP contribution in [0.3, 0.4) is 0 Å². The summed E-state index contributed by atoms with van der Waals surface area (Å²) >= 11 is 0. The summed E-state index contributed by atoms with van der Waals surface area (Å²) in [6.45, 7) is 2.58. The minimum absolute atomic E-state index is 0.382. The highest BCUT2D eigenvalue weighted by atomic mass is 15.3. The van der Waals surface area contributed by atoms with E-state index in [1.807, 2.05) is 25.1 Å². The van der Waals surface area contributed by atoms with Crippen LogP contribution in [0.4, 0.5) is 11.8 Å². The van der Waals surface area contributed by atoms with E-state index in [1.54, 1.807) is 12.3 Å². The quantitative estimate of drug-likeness (QED) is 0.538. The second-order valence-corrected chi connectivity index (χ2v) is 3.53. The number of nitrogen functional groups attached to an aromatic ring is 1. The maximum atomic E-state index is 5.23. The molecule has 0 saturated heterocycles. The predicted octanol–water partition coefficient (Wildman–Crippen LogP) is 1.08. The first-order chi connectivity index (χ1) is 8.28. The Balaban J connectivity index is 2.02. The summed E-state index contributed by atoms with van der Waals surface area (Å²) in [6.07, 6.45) is 1.63. The topological polar surface area (TPSA) is 88.8 Å². The number of hydrazine groups is 1. The molecule has 88 valence electrons. The van der Waals surface area contributed by atoms with Gasteiger partial charge in [-0.3, -0.25) is 10.4 Å². The molecule has 6 nitrogen and oxygen atoms in total. The van der Waals surface area contributed by atoms with Gasteiger partial charge in [0.05, 0.1) is 12.2 Å². The molecule has 2 heterocycles. The molecule has 0 spiro atoms. The molecular weight excluding hydrogens is 216 g/mol. The molecule has 4 N–H and O–H groups in total. The first kappa shape index (κ1) is 11.3. The maximum absolute atomic E-state index is 5.23. The van der Waals surface area contributed by atoms with Crippen LogP contribution in [-0.2, 0) is 6.54 Å². The minimum atomic E-state index is 0.382. The molecule has 0 aromatic carbocycles. The maximum Gasteiger partial charge on any atom is 0.239 e. The average Bonchev–Trinajstić information content (AvgIpc) is 2.37. The van der Waals surface area contributed by atoms with Crippen LogP contribution in [-0.4, -0.2) is 15.0 Å². The number of hydrogen-bond acceptors (Lipinski definition) is 6. The lowest BCUT2D eigenvalue weighted by Crippen LogP contribution is -2.11. The van der Waals surface area contributed by atoms with Gasteiger partial charge in [-0.15, -0.1) is 0 Å². The number of nitrogens with one attached hydrogen (secondary N) is 2. The number of aryl methyl sites for hydroxylation is 1. The van der Waals surface area contributed by atoms with Gasteiger partial charge in [-0.1, -0.05) is 6.07 Å². The van der Waals surface area contributed by atoms with Crippen molar-refractivity contribution in [1.29, 1.82) is 0 Å². The van der Waals surface area contributed by atoms with Crippen LogP contribution in [0.5, 0.6) is 0 Å². The van der Waals surface area contributed by atoms with Gasteiger partial charge in [0.2, 0.25) is 5.95 Å². The molecule has 2 aromatic rings. The summed E-state index contributed by atoms with van der Waals surface area (Å²) in [7, 11) is 0. The number of anilines is 2. The Kier molecular flexibility index (Phi) is 3.46. The number of nitrogens with two attached hydrogens (primary N) is 1. The van der Waals surface area contributed by atoms with E-state index in [9.17, 15) is 0 Å². The van der Waals surface area contributed by atoms with Crippen molar-refractivity contribution in [2.75, 3.05) is 10.7 Å². The zero-order valence-corrected chi connectivity index (χ0v) is 9.51. The third-order valence-corrected chi connectivity index (χ3v) is 2.18. The van der Waals surface area contributed by atoms with E-state index in [-0.39, 0.29) is 0 Å². The summed E-state index contributed by atoms with van der Waals surface area (Å²) in [5, 5.41) is 3.15. The van der Waals surface area contributed by atoms with Gasteiger partial charge in [0.1, 0.15) is 5.82 Å². The van der Waals surface area contributed by atoms with Crippen molar-refractivity contribution in [3.63, 3.8) is 0 Å². The molecule has 17 heavy (non-hydrogen) atoms. The van der Waals surface area contributed by atoms with Gasteiger partial charge in [0.15, 0.2) is 0 Å². The van der Waals surface area contributed by atoms with Gasteiger partial charge < -0.3 is 5.32 Å². The molecule has 0 radical (unpaired) electrons. The third kappa shape index (κ3) is 3.12.